The maximum absolute atomic E-state index is 12.7. The van der Waals surface area contributed by atoms with E-state index in [4.69, 9.17) is 4.74 Å². The molecule has 0 saturated carbocycles. The Morgan fingerprint density at radius 2 is 1.94 bits per heavy atom. The molecule has 2 amide bonds. The second kappa shape index (κ2) is 9.99. The van der Waals surface area contributed by atoms with Crippen LogP contribution in [0.5, 0.6) is 0 Å². The first-order valence-electron chi connectivity index (χ1n) is 11.0. The van der Waals surface area contributed by atoms with Gasteiger partial charge in [0.15, 0.2) is 5.13 Å². The molecule has 33 heavy (non-hydrogen) atoms. The molecule has 0 bridgehead atoms. The van der Waals surface area contributed by atoms with Gasteiger partial charge in [-0.1, -0.05) is 49.4 Å². The number of benzene rings is 2. The highest BCUT2D eigenvalue weighted by molar-refractivity contribution is 7.22. The van der Waals surface area contributed by atoms with Crippen LogP contribution in [0.25, 0.3) is 10.2 Å². The van der Waals surface area contributed by atoms with Gasteiger partial charge in [-0.2, -0.15) is 4.90 Å². The van der Waals surface area contributed by atoms with Crippen LogP contribution in [0.3, 0.4) is 0 Å². The Hall–Kier alpha value is -3.46. The number of thiazole rings is 1. The zero-order chi connectivity index (χ0) is 23.4. The number of hydrogen-bond acceptors (Lipinski definition) is 8. The molecule has 0 saturated heterocycles. The standard InChI is InChI=1S/C24H27N5O3S/c1-4-32-24(31)29-21(30)20(15(2)3)28-22(29)26-17-11-9-16(10-12-17)13-14-25-23-27-18-7-5-6-8-19(18)33-23/h5-12,15,20H,4,13-14H2,1-3H3,(H,25,27)(H,26,28)/t20-/m0/s1. The fourth-order valence-electron chi connectivity index (χ4n) is 3.51. The third kappa shape index (κ3) is 5.14. The first kappa shape index (κ1) is 22.7. The van der Waals surface area contributed by atoms with Gasteiger partial charge in [0.2, 0.25) is 5.96 Å². The van der Waals surface area contributed by atoms with Crippen molar-refractivity contribution < 1.29 is 14.3 Å². The van der Waals surface area contributed by atoms with Gasteiger partial charge >= 0.3 is 6.09 Å². The lowest BCUT2D eigenvalue weighted by molar-refractivity contribution is -0.127. The van der Waals surface area contributed by atoms with E-state index >= 15 is 0 Å². The number of nitrogens with zero attached hydrogens (tertiary/aromatic N) is 3. The maximum atomic E-state index is 12.7. The number of para-hydroxylation sites is 1. The number of fused-ring (bicyclic) bond motifs is 1. The van der Waals surface area contributed by atoms with Crippen LogP contribution in [0.15, 0.2) is 53.5 Å². The number of ether oxygens (including phenoxy) is 1. The Bertz CT molecular complexity index is 1140. The van der Waals surface area contributed by atoms with Gasteiger partial charge in [0, 0.05) is 12.2 Å². The van der Waals surface area contributed by atoms with E-state index in [2.05, 4.69) is 26.7 Å². The minimum absolute atomic E-state index is 0.0287. The second-order valence-electron chi connectivity index (χ2n) is 8.00. The van der Waals surface area contributed by atoms with E-state index < -0.39 is 12.1 Å². The lowest BCUT2D eigenvalue weighted by atomic mass is 10.1. The van der Waals surface area contributed by atoms with Gasteiger partial charge in [0.1, 0.15) is 6.04 Å². The molecule has 2 aromatic carbocycles. The molecule has 0 fully saturated rings. The minimum Gasteiger partial charge on any atom is -0.449 e. The summed E-state index contributed by atoms with van der Waals surface area (Å²) in [6.45, 7) is 6.44. The van der Waals surface area contributed by atoms with E-state index in [1.165, 1.54) is 4.70 Å². The summed E-state index contributed by atoms with van der Waals surface area (Å²) in [6, 6.07) is 15.3. The highest BCUT2D eigenvalue weighted by atomic mass is 32.1. The van der Waals surface area contributed by atoms with Crippen LogP contribution in [-0.2, 0) is 16.0 Å². The van der Waals surface area contributed by atoms with E-state index in [0.717, 1.165) is 39.8 Å². The number of amides is 2. The first-order chi connectivity index (χ1) is 16.0. The van der Waals surface area contributed by atoms with E-state index in [0.29, 0.717) is 0 Å². The van der Waals surface area contributed by atoms with Gasteiger partial charge in [0.05, 0.1) is 16.8 Å². The average molecular weight is 466 g/mol. The third-order valence-electron chi connectivity index (χ3n) is 5.22. The highest BCUT2D eigenvalue weighted by Gasteiger charge is 2.41. The van der Waals surface area contributed by atoms with Crippen molar-refractivity contribution in [2.75, 3.05) is 23.8 Å². The number of hydrogen-bond donors (Lipinski definition) is 2. The SMILES string of the molecule is CCOC(=O)N1C(=O)[C@H](C(C)C)N=C1Nc1ccc(CCNc2nc3ccccc3s2)cc1. The molecule has 0 unspecified atom stereocenters. The molecule has 2 N–H and O–H groups in total. The molecule has 3 aromatic rings. The van der Waals surface area contributed by atoms with Gasteiger partial charge in [-0.05, 0) is 49.1 Å². The van der Waals surface area contributed by atoms with Crippen molar-refractivity contribution in [2.45, 2.75) is 33.2 Å². The summed E-state index contributed by atoms with van der Waals surface area (Å²) in [7, 11) is 0. The van der Waals surface area contributed by atoms with Crippen LogP contribution < -0.4 is 10.6 Å². The predicted octanol–water partition coefficient (Wildman–Crippen LogP) is 4.74. The zero-order valence-electron chi connectivity index (χ0n) is 18.9. The van der Waals surface area contributed by atoms with Gasteiger partial charge in [-0.15, -0.1) is 0 Å². The summed E-state index contributed by atoms with van der Waals surface area (Å²) in [4.78, 5) is 35.0. The Morgan fingerprint density at radius 1 is 1.18 bits per heavy atom. The number of carbonyl (C=O) groups is 2. The van der Waals surface area contributed by atoms with Crippen LogP contribution in [0.4, 0.5) is 15.6 Å². The molecule has 4 rings (SSSR count). The number of imide groups is 1. The van der Waals surface area contributed by atoms with Gasteiger partial charge < -0.3 is 15.4 Å². The highest BCUT2D eigenvalue weighted by Crippen LogP contribution is 2.25. The molecule has 0 aliphatic carbocycles. The number of carbonyl (C=O) groups excluding carboxylic acids is 2. The quantitative estimate of drug-likeness (QED) is 0.523. The number of rotatable bonds is 7. The molecule has 8 nitrogen and oxygen atoms in total. The van der Waals surface area contributed by atoms with Crippen molar-refractivity contribution in [3.63, 3.8) is 0 Å². The summed E-state index contributed by atoms with van der Waals surface area (Å²) in [5.41, 5.74) is 2.90. The van der Waals surface area contributed by atoms with E-state index in [-0.39, 0.29) is 24.4 Å². The van der Waals surface area contributed by atoms with Crippen molar-refractivity contribution in [2.24, 2.45) is 10.9 Å². The lowest BCUT2D eigenvalue weighted by Crippen LogP contribution is -2.44. The molecule has 1 aliphatic rings. The number of aliphatic imine (C=N–C) groups is 1. The third-order valence-corrected chi connectivity index (χ3v) is 6.22. The minimum atomic E-state index is -0.713. The lowest BCUT2D eigenvalue weighted by Gasteiger charge is -2.18. The summed E-state index contributed by atoms with van der Waals surface area (Å²) in [5.74, 6) is -0.204. The Labute approximate surface area is 196 Å². The molecular formula is C24H27N5O3S. The van der Waals surface area contributed by atoms with Crippen LogP contribution in [0.2, 0.25) is 0 Å². The Kier molecular flexibility index (Phi) is 6.88. The average Bonchev–Trinajstić information content (AvgIpc) is 3.35. The Balaban J connectivity index is 1.37. The van der Waals surface area contributed by atoms with Crippen molar-refractivity contribution in [1.82, 2.24) is 9.88 Å². The summed E-state index contributed by atoms with van der Waals surface area (Å²) < 4.78 is 6.21. The molecular weight excluding hydrogens is 438 g/mol. The van der Waals surface area contributed by atoms with E-state index in [1.807, 2.05) is 56.3 Å². The predicted molar refractivity (Wildman–Crippen MR) is 132 cm³/mol. The molecule has 2 heterocycles. The number of nitrogens with one attached hydrogen (secondary N) is 2. The monoisotopic (exact) mass is 465 g/mol. The van der Waals surface area contributed by atoms with Crippen LogP contribution in [0, 0.1) is 5.92 Å². The molecule has 1 aliphatic heterocycles. The number of guanidine groups is 1. The molecule has 0 radical (unpaired) electrons. The van der Waals surface area contributed by atoms with Crippen molar-refractivity contribution in [3.8, 4) is 0 Å². The Morgan fingerprint density at radius 3 is 2.64 bits per heavy atom. The van der Waals surface area contributed by atoms with Crippen molar-refractivity contribution in [1.29, 1.82) is 0 Å². The second-order valence-corrected chi connectivity index (χ2v) is 9.03. The van der Waals surface area contributed by atoms with E-state index in [1.54, 1.807) is 18.3 Å². The molecule has 9 heteroatoms. The summed E-state index contributed by atoms with van der Waals surface area (Å²) in [5, 5.41) is 7.40. The molecule has 0 spiro atoms. The van der Waals surface area contributed by atoms with Crippen molar-refractivity contribution >= 4 is 50.3 Å². The number of aromatic nitrogens is 1. The normalized spacial score (nSPS) is 15.8. The zero-order valence-corrected chi connectivity index (χ0v) is 19.7. The van der Waals surface area contributed by atoms with Crippen molar-refractivity contribution in [3.05, 3.63) is 54.1 Å². The smallest absolute Gasteiger partial charge is 0.423 e. The fourth-order valence-corrected chi connectivity index (χ4v) is 4.41. The summed E-state index contributed by atoms with van der Waals surface area (Å²) in [6.07, 6.45) is 0.120. The van der Waals surface area contributed by atoms with Gasteiger partial charge in [-0.25, -0.2) is 14.8 Å². The van der Waals surface area contributed by atoms with Crippen LogP contribution in [0.1, 0.15) is 26.3 Å². The van der Waals surface area contributed by atoms with Gasteiger partial charge in [-0.3, -0.25) is 4.79 Å². The number of anilines is 2. The fraction of sp³-hybridized carbons (Fsp3) is 0.333. The van der Waals surface area contributed by atoms with E-state index in [9.17, 15) is 9.59 Å². The topological polar surface area (TPSA) is 95.9 Å². The molecule has 172 valence electrons. The summed E-state index contributed by atoms with van der Waals surface area (Å²) >= 11 is 1.65. The maximum Gasteiger partial charge on any atom is 0.423 e. The molecule has 1 atom stereocenters. The first-order valence-corrected chi connectivity index (χ1v) is 11.8. The van der Waals surface area contributed by atoms with Gasteiger partial charge in [0.25, 0.3) is 5.91 Å². The molecule has 1 aromatic heterocycles. The van der Waals surface area contributed by atoms with Crippen LogP contribution in [-0.4, -0.2) is 47.0 Å². The van der Waals surface area contributed by atoms with Crippen LogP contribution >= 0.6 is 11.3 Å². The largest absolute Gasteiger partial charge is 0.449 e.